The summed E-state index contributed by atoms with van der Waals surface area (Å²) in [6, 6.07) is 7.24. The Bertz CT molecular complexity index is 745. The summed E-state index contributed by atoms with van der Waals surface area (Å²) in [5.41, 5.74) is 2.44. The van der Waals surface area contributed by atoms with Crippen LogP contribution >= 0.6 is 0 Å². The second-order valence-corrected chi connectivity index (χ2v) is 5.75. The van der Waals surface area contributed by atoms with Crippen molar-refractivity contribution in [2.75, 3.05) is 13.1 Å². The molecule has 0 aliphatic heterocycles. The molecule has 1 aliphatic rings. The predicted molar refractivity (Wildman–Crippen MR) is 86.1 cm³/mol. The number of nitrogens with zero attached hydrogens (tertiary/aromatic N) is 1. The lowest BCUT2D eigenvalue weighted by molar-refractivity contribution is 0.0149. The van der Waals surface area contributed by atoms with Crippen LogP contribution in [-0.2, 0) is 0 Å². The fourth-order valence-corrected chi connectivity index (χ4v) is 3.23. The third kappa shape index (κ3) is 2.28. The quantitative estimate of drug-likeness (QED) is 0.913. The van der Waals surface area contributed by atoms with Crippen LogP contribution in [0.15, 0.2) is 28.7 Å². The highest BCUT2D eigenvalue weighted by Crippen LogP contribution is 2.47. The zero-order valence-electron chi connectivity index (χ0n) is 13.5. The second kappa shape index (κ2) is 5.83. The molecule has 2 unspecified atom stereocenters. The molecule has 1 aromatic heterocycles. The molecular weight excluding hydrogens is 294 g/mol. The first-order chi connectivity index (χ1) is 11.0. The lowest BCUT2D eigenvalue weighted by Crippen LogP contribution is -2.30. The monoisotopic (exact) mass is 315 g/mol. The number of rotatable bonds is 3. The van der Waals surface area contributed by atoms with Gasteiger partial charge in [0, 0.05) is 29.8 Å². The molecule has 23 heavy (non-hydrogen) atoms. The van der Waals surface area contributed by atoms with E-state index in [0.29, 0.717) is 35.5 Å². The van der Waals surface area contributed by atoms with Crippen molar-refractivity contribution in [1.82, 2.24) is 4.90 Å². The minimum absolute atomic E-state index is 0.193. The molecule has 5 heteroatoms. The van der Waals surface area contributed by atoms with Gasteiger partial charge in [-0.25, -0.2) is 0 Å². The third-order valence-electron chi connectivity index (χ3n) is 4.56. The van der Waals surface area contributed by atoms with Gasteiger partial charge in [0.25, 0.3) is 5.91 Å². The van der Waals surface area contributed by atoms with E-state index in [-0.39, 0.29) is 11.7 Å². The number of aliphatic hydroxyl groups is 2. The number of benzene rings is 1. The smallest absolute Gasteiger partial charge is 0.289 e. The first kappa shape index (κ1) is 15.8. The maximum Gasteiger partial charge on any atom is 0.289 e. The normalized spacial score (nSPS) is 19.2. The molecule has 2 aromatic rings. The van der Waals surface area contributed by atoms with Crippen molar-refractivity contribution in [2.24, 2.45) is 0 Å². The number of fused-ring (bicyclic) bond motifs is 3. The third-order valence-corrected chi connectivity index (χ3v) is 4.56. The van der Waals surface area contributed by atoms with Crippen LogP contribution in [-0.4, -0.2) is 34.1 Å². The van der Waals surface area contributed by atoms with Gasteiger partial charge in [-0.1, -0.05) is 24.3 Å². The van der Waals surface area contributed by atoms with Crippen LogP contribution in [0.5, 0.6) is 0 Å². The number of amides is 1. The molecule has 2 atom stereocenters. The molecule has 3 rings (SSSR count). The number of hydrogen-bond acceptors (Lipinski definition) is 4. The summed E-state index contributed by atoms with van der Waals surface area (Å²) in [4.78, 5) is 14.3. The van der Waals surface area contributed by atoms with Gasteiger partial charge in [0.1, 0.15) is 18.0 Å². The Labute approximate surface area is 135 Å². The zero-order valence-corrected chi connectivity index (χ0v) is 13.5. The average Bonchev–Trinajstić information content (AvgIpc) is 2.91. The molecule has 0 radical (unpaired) electrons. The van der Waals surface area contributed by atoms with Crippen molar-refractivity contribution >= 4 is 5.91 Å². The lowest BCUT2D eigenvalue weighted by atomic mass is 9.85. The summed E-state index contributed by atoms with van der Waals surface area (Å²) in [5, 5.41) is 20.8. The summed E-state index contributed by atoms with van der Waals surface area (Å²) in [5.74, 6) is 0.522. The van der Waals surface area contributed by atoms with Crippen LogP contribution in [0.25, 0.3) is 11.3 Å². The minimum Gasteiger partial charge on any atom is -0.450 e. The van der Waals surface area contributed by atoms with Gasteiger partial charge in [0.05, 0.1) is 0 Å². The molecule has 0 bridgehead atoms. The van der Waals surface area contributed by atoms with Gasteiger partial charge < -0.3 is 19.5 Å². The Hall–Kier alpha value is -2.11. The number of carbonyl (C=O) groups excluding carboxylic acids is 1. The van der Waals surface area contributed by atoms with Crippen molar-refractivity contribution in [3.05, 3.63) is 46.7 Å². The van der Waals surface area contributed by atoms with Gasteiger partial charge in [-0.3, -0.25) is 4.79 Å². The standard InChI is InChI=1S/C18H21NO4/c1-4-19(5-2)18(22)16-10(3)13-15(21)14(20)11-8-6-7-9-12(11)17(13)23-16/h6-9,14-15,20-21H,4-5H2,1-3H3. The molecule has 2 N–H and O–H groups in total. The highest BCUT2D eigenvalue weighted by atomic mass is 16.4. The molecule has 1 aliphatic carbocycles. The van der Waals surface area contributed by atoms with Gasteiger partial charge in [-0.15, -0.1) is 0 Å². The van der Waals surface area contributed by atoms with Crippen LogP contribution in [0.2, 0.25) is 0 Å². The largest absolute Gasteiger partial charge is 0.450 e. The Morgan fingerprint density at radius 2 is 1.83 bits per heavy atom. The number of aliphatic hydroxyl groups excluding tert-OH is 2. The Balaban J connectivity index is 2.18. The summed E-state index contributed by atoms with van der Waals surface area (Å²) >= 11 is 0. The Morgan fingerprint density at radius 3 is 2.48 bits per heavy atom. The van der Waals surface area contributed by atoms with Gasteiger partial charge in [0.15, 0.2) is 5.76 Å². The molecule has 5 nitrogen and oxygen atoms in total. The maximum absolute atomic E-state index is 12.6. The van der Waals surface area contributed by atoms with Crippen molar-refractivity contribution in [2.45, 2.75) is 33.0 Å². The van der Waals surface area contributed by atoms with Gasteiger partial charge in [0.2, 0.25) is 0 Å². The highest BCUT2D eigenvalue weighted by Gasteiger charge is 2.37. The van der Waals surface area contributed by atoms with Crippen LogP contribution < -0.4 is 0 Å². The summed E-state index contributed by atoms with van der Waals surface area (Å²) in [6.45, 7) is 6.74. The summed E-state index contributed by atoms with van der Waals surface area (Å²) in [6.07, 6.45) is -2.12. The number of furan rings is 1. The molecule has 1 heterocycles. The van der Waals surface area contributed by atoms with Crippen LogP contribution in [0.4, 0.5) is 0 Å². The van der Waals surface area contributed by atoms with E-state index >= 15 is 0 Å². The van der Waals surface area contributed by atoms with Crippen molar-refractivity contribution < 1.29 is 19.4 Å². The SMILES string of the molecule is CCN(CC)C(=O)c1oc2c(c1C)C(O)C(O)c1ccccc1-2. The molecule has 1 aromatic carbocycles. The fourth-order valence-electron chi connectivity index (χ4n) is 3.23. The Morgan fingerprint density at radius 1 is 1.17 bits per heavy atom. The van der Waals surface area contributed by atoms with Crippen molar-refractivity contribution in [3.8, 4) is 11.3 Å². The van der Waals surface area contributed by atoms with E-state index in [2.05, 4.69) is 0 Å². The molecule has 0 spiro atoms. The zero-order chi connectivity index (χ0) is 16.7. The van der Waals surface area contributed by atoms with E-state index in [0.717, 1.165) is 5.56 Å². The maximum atomic E-state index is 12.6. The first-order valence-electron chi connectivity index (χ1n) is 7.89. The molecule has 122 valence electrons. The average molecular weight is 315 g/mol. The number of carbonyl (C=O) groups is 1. The van der Waals surface area contributed by atoms with E-state index in [1.54, 1.807) is 24.0 Å². The van der Waals surface area contributed by atoms with E-state index in [1.807, 2.05) is 26.0 Å². The van der Waals surface area contributed by atoms with Gasteiger partial charge in [-0.2, -0.15) is 0 Å². The molecule has 1 amide bonds. The molecule has 0 saturated carbocycles. The van der Waals surface area contributed by atoms with Gasteiger partial charge >= 0.3 is 0 Å². The van der Waals surface area contributed by atoms with Crippen LogP contribution in [0.3, 0.4) is 0 Å². The van der Waals surface area contributed by atoms with Crippen molar-refractivity contribution in [3.63, 3.8) is 0 Å². The molecule has 0 fully saturated rings. The topological polar surface area (TPSA) is 73.9 Å². The van der Waals surface area contributed by atoms with Crippen LogP contribution in [0, 0.1) is 6.92 Å². The fraction of sp³-hybridized carbons (Fsp3) is 0.389. The second-order valence-electron chi connectivity index (χ2n) is 5.75. The predicted octanol–water partition coefficient (Wildman–Crippen LogP) is 2.82. The summed E-state index contributed by atoms with van der Waals surface area (Å²) < 4.78 is 5.87. The molecule has 0 saturated heterocycles. The molecular formula is C18H21NO4. The number of hydrogen-bond donors (Lipinski definition) is 2. The summed E-state index contributed by atoms with van der Waals surface area (Å²) in [7, 11) is 0. The highest BCUT2D eigenvalue weighted by molar-refractivity contribution is 5.94. The Kier molecular flexibility index (Phi) is 4.00. The van der Waals surface area contributed by atoms with E-state index < -0.39 is 12.2 Å². The lowest BCUT2D eigenvalue weighted by Gasteiger charge is -2.26. The van der Waals surface area contributed by atoms with E-state index in [9.17, 15) is 15.0 Å². The van der Waals surface area contributed by atoms with E-state index in [4.69, 9.17) is 4.42 Å². The van der Waals surface area contributed by atoms with Crippen molar-refractivity contribution in [1.29, 1.82) is 0 Å². The minimum atomic E-state index is -1.10. The van der Waals surface area contributed by atoms with Crippen LogP contribution in [0.1, 0.15) is 53.3 Å². The van der Waals surface area contributed by atoms with Gasteiger partial charge in [-0.05, 0) is 26.3 Å². The first-order valence-corrected chi connectivity index (χ1v) is 7.89. The van der Waals surface area contributed by atoms with E-state index in [1.165, 1.54) is 0 Å².